The van der Waals surface area contributed by atoms with E-state index in [1.165, 1.54) is 11.1 Å². The second-order valence-electron chi connectivity index (χ2n) is 6.63. The van der Waals surface area contributed by atoms with E-state index in [2.05, 4.69) is 5.32 Å². The predicted octanol–water partition coefficient (Wildman–Crippen LogP) is 0.932. The first-order valence-corrected chi connectivity index (χ1v) is 9.37. The lowest BCUT2D eigenvalue weighted by Gasteiger charge is -2.23. The lowest BCUT2D eigenvalue weighted by atomic mass is 9.89. The highest BCUT2D eigenvalue weighted by Crippen LogP contribution is 2.33. The van der Waals surface area contributed by atoms with Crippen molar-refractivity contribution < 1.29 is 13.2 Å². The van der Waals surface area contributed by atoms with Crippen LogP contribution in [0.15, 0.2) is 23.1 Å². The highest BCUT2D eigenvalue weighted by Gasteiger charge is 2.42. The minimum Gasteiger partial charge on any atom is -0.356 e. The van der Waals surface area contributed by atoms with Crippen LogP contribution < -0.4 is 5.32 Å². The Hall–Kier alpha value is -1.40. The summed E-state index contributed by atoms with van der Waals surface area (Å²) in [5, 5.41) is 2.84. The largest absolute Gasteiger partial charge is 0.356 e. The summed E-state index contributed by atoms with van der Waals surface area (Å²) in [5.41, 5.74) is 2.46. The van der Waals surface area contributed by atoms with Gasteiger partial charge in [0, 0.05) is 26.1 Å². The van der Waals surface area contributed by atoms with Crippen molar-refractivity contribution in [3.8, 4) is 0 Å². The van der Waals surface area contributed by atoms with Crippen molar-refractivity contribution in [3.05, 3.63) is 29.3 Å². The van der Waals surface area contributed by atoms with Gasteiger partial charge in [0.05, 0.1) is 4.90 Å². The fraction of sp³-hybridized carbons (Fsp3) is 0.562. The van der Waals surface area contributed by atoms with Gasteiger partial charge in [-0.2, -0.15) is 4.31 Å². The van der Waals surface area contributed by atoms with Gasteiger partial charge in [-0.05, 0) is 54.4 Å². The number of carbonyl (C=O) groups excluding carboxylic acids is 1. The number of nitrogens with one attached hydrogen (secondary N) is 1. The highest BCUT2D eigenvalue weighted by atomic mass is 32.2. The number of hydrogen-bond acceptors (Lipinski definition) is 3. The summed E-state index contributed by atoms with van der Waals surface area (Å²) < 4.78 is 27.3. The Balaban J connectivity index is 1.60. The van der Waals surface area contributed by atoms with Crippen molar-refractivity contribution >= 4 is 15.9 Å². The molecule has 1 aromatic carbocycles. The number of rotatable bonds is 2. The van der Waals surface area contributed by atoms with Crippen LogP contribution >= 0.6 is 0 Å². The Bertz CT molecular complexity index is 729. The first kappa shape index (κ1) is 14.2. The Labute approximate surface area is 130 Å². The van der Waals surface area contributed by atoms with E-state index in [4.69, 9.17) is 0 Å². The molecule has 1 amide bonds. The minimum absolute atomic E-state index is 0.0398. The van der Waals surface area contributed by atoms with E-state index >= 15 is 0 Å². The van der Waals surface area contributed by atoms with E-state index in [0.29, 0.717) is 31.0 Å². The summed E-state index contributed by atoms with van der Waals surface area (Å²) >= 11 is 0. The van der Waals surface area contributed by atoms with Crippen LogP contribution in [0.4, 0.5) is 0 Å². The maximum absolute atomic E-state index is 12.9. The molecule has 2 fully saturated rings. The number of aryl methyl sites for hydroxylation is 2. The maximum Gasteiger partial charge on any atom is 0.243 e. The zero-order chi connectivity index (χ0) is 15.3. The minimum atomic E-state index is -3.44. The Morgan fingerprint density at radius 1 is 1.09 bits per heavy atom. The molecular weight excluding hydrogens is 300 g/mol. The molecule has 4 rings (SSSR count). The van der Waals surface area contributed by atoms with Gasteiger partial charge in [-0.1, -0.05) is 6.07 Å². The highest BCUT2D eigenvalue weighted by molar-refractivity contribution is 7.89. The average molecular weight is 320 g/mol. The molecule has 0 aromatic heterocycles. The molecule has 2 heterocycles. The van der Waals surface area contributed by atoms with E-state index in [9.17, 15) is 13.2 Å². The van der Waals surface area contributed by atoms with Gasteiger partial charge < -0.3 is 5.32 Å². The molecule has 6 heteroatoms. The third kappa shape index (κ3) is 2.25. The first-order valence-electron chi connectivity index (χ1n) is 7.93. The van der Waals surface area contributed by atoms with E-state index in [-0.39, 0.29) is 17.7 Å². The van der Waals surface area contributed by atoms with Gasteiger partial charge in [0.25, 0.3) is 0 Å². The monoisotopic (exact) mass is 320 g/mol. The predicted molar refractivity (Wildman–Crippen MR) is 81.8 cm³/mol. The number of sulfonamides is 1. The number of piperidine rings is 1. The Morgan fingerprint density at radius 2 is 1.86 bits per heavy atom. The molecule has 0 radical (unpaired) electrons. The van der Waals surface area contributed by atoms with E-state index in [1.807, 2.05) is 12.1 Å². The molecule has 1 N–H and O–H groups in total. The third-order valence-corrected chi connectivity index (χ3v) is 7.09. The molecule has 0 bridgehead atoms. The van der Waals surface area contributed by atoms with Crippen molar-refractivity contribution in [2.75, 3.05) is 19.6 Å². The topological polar surface area (TPSA) is 66.5 Å². The van der Waals surface area contributed by atoms with Gasteiger partial charge in [0.15, 0.2) is 0 Å². The molecule has 2 atom stereocenters. The number of nitrogens with zero attached hydrogens (tertiary/aromatic N) is 1. The number of amides is 1. The van der Waals surface area contributed by atoms with Gasteiger partial charge >= 0.3 is 0 Å². The van der Waals surface area contributed by atoms with Gasteiger partial charge in [-0.25, -0.2) is 8.42 Å². The standard InChI is InChI=1S/C16H20N2O3S/c19-16-7-13-9-18(10-14(13)8-17-16)22(20,21)15-5-4-11-2-1-3-12(11)6-15/h4-6,13-14H,1-3,7-10H2,(H,17,19)/t13-,14+/m0/s1. The van der Waals surface area contributed by atoms with Crippen LogP contribution in [0.5, 0.6) is 0 Å². The molecule has 0 spiro atoms. The normalized spacial score (nSPS) is 28.3. The van der Waals surface area contributed by atoms with E-state index in [1.54, 1.807) is 10.4 Å². The first-order chi connectivity index (χ1) is 10.5. The number of carbonyl (C=O) groups is 1. The summed E-state index contributed by atoms with van der Waals surface area (Å²) in [5.74, 6) is 0.456. The van der Waals surface area contributed by atoms with Crippen LogP contribution in [-0.4, -0.2) is 38.3 Å². The summed E-state index contributed by atoms with van der Waals surface area (Å²) in [4.78, 5) is 11.9. The van der Waals surface area contributed by atoms with Crippen molar-refractivity contribution in [1.29, 1.82) is 0 Å². The van der Waals surface area contributed by atoms with Crippen molar-refractivity contribution in [3.63, 3.8) is 0 Å². The van der Waals surface area contributed by atoms with Crippen LogP contribution in [0.3, 0.4) is 0 Å². The molecule has 0 unspecified atom stereocenters. The van der Waals surface area contributed by atoms with Crippen molar-refractivity contribution in [2.24, 2.45) is 11.8 Å². The molecule has 5 nitrogen and oxygen atoms in total. The maximum atomic E-state index is 12.9. The van der Waals surface area contributed by atoms with E-state index < -0.39 is 10.0 Å². The third-order valence-electron chi connectivity index (χ3n) is 5.26. The summed E-state index contributed by atoms with van der Waals surface area (Å²) in [6, 6.07) is 5.55. The molecule has 3 aliphatic rings. The van der Waals surface area contributed by atoms with Gasteiger partial charge in [0.1, 0.15) is 0 Å². The number of hydrogen-bond donors (Lipinski definition) is 1. The smallest absolute Gasteiger partial charge is 0.243 e. The fourth-order valence-electron chi connectivity index (χ4n) is 3.97. The van der Waals surface area contributed by atoms with Crippen LogP contribution in [0, 0.1) is 11.8 Å². The quantitative estimate of drug-likeness (QED) is 0.881. The molecule has 2 saturated heterocycles. The van der Waals surface area contributed by atoms with Crippen LogP contribution in [-0.2, 0) is 27.7 Å². The Morgan fingerprint density at radius 3 is 2.73 bits per heavy atom. The van der Waals surface area contributed by atoms with Gasteiger partial charge in [-0.15, -0.1) is 0 Å². The molecule has 0 saturated carbocycles. The zero-order valence-corrected chi connectivity index (χ0v) is 13.2. The average Bonchev–Trinajstić information content (AvgIpc) is 3.12. The number of fused-ring (bicyclic) bond motifs is 2. The molecular formula is C16H20N2O3S. The molecule has 22 heavy (non-hydrogen) atoms. The van der Waals surface area contributed by atoms with Crippen LogP contribution in [0.1, 0.15) is 24.0 Å². The van der Waals surface area contributed by atoms with Crippen molar-refractivity contribution in [2.45, 2.75) is 30.6 Å². The van der Waals surface area contributed by atoms with Crippen LogP contribution in [0.2, 0.25) is 0 Å². The SMILES string of the molecule is O=C1C[C@H]2CN(S(=O)(=O)c3ccc4c(c3)CCC4)C[C@H]2CN1. The zero-order valence-electron chi connectivity index (χ0n) is 12.4. The molecule has 118 valence electrons. The lowest BCUT2D eigenvalue weighted by molar-refractivity contribution is -0.124. The van der Waals surface area contributed by atoms with Crippen molar-refractivity contribution in [1.82, 2.24) is 9.62 Å². The van der Waals surface area contributed by atoms with Gasteiger partial charge in [-0.3, -0.25) is 4.79 Å². The van der Waals surface area contributed by atoms with E-state index in [0.717, 1.165) is 19.3 Å². The second-order valence-corrected chi connectivity index (χ2v) is 8.57. The summed E-state index contributed by atoms with van der Waals surface area (Å²) in [7, 11) is -3.44. The van der Waals surface area contributed by atoms with Crippen LogP contribution in [0.25, 0.3) is 0 Å². The molecule has 1 aromatic rings. The summed E-state index contributed by atoms with van der Waals surface area (Å²) in [6.07, 6.45) is 3.58. The fourth-order valence-corrected chi connectivity index (χ4v) is 5.57. The summed E-state index contributed by atoms with van der Waals surface area (Å²) in [6.45, 7) is 1.58. The van der Waals surface area contributed by atoms with Gasteiger partial charge in [0.2, 0.25) is 15.9 Å². The number of benzene rings is 1. The molecule has 1 aliphatic carbocycles. The lowest BCUT2D eigenvalue weighted by Crippen LogP contribution is -2.40. The molecule has 2 aliphatic heterocycles. The Kier molecular flexibility index (Phi) is 3.27. The second kappa shape index (κ2) is 5.06.